The summed E-state index contributed by atoms with van der Waals surface area (Å²) in [7, 11) is -2.90. The standard InChI is InChI=1S/C13H22N2O2S2/c1-11(2)9-14-10-12-5-4-6-15-13(12)18-7-8-19(3,16)17/h4-6,11,14H,7-10H2,1-3H3. The third kappa shape index (κ3) is 7.54. The lowest BCUT2D eigenvalue weighted by Crippen LogP contribution is -2.19. The summed E-state index contributed by atoms with van der Waals surface area (Å²) in [6.45, 7) is 6.06. The summed E-state index contributed by atoms with van der Waals surface area (Å²) in [5.41, 5.74) is 1.13. The topological polar surface area (TPSA) is 59.1 Å². The van der Waals surface area contributed by atoms with Crippen LogP contribution >= 0.6 is 11.8 Å². The number of rotatable bonds is 8. The minimum atomic E-state index is -2.90. The van der Waals surface area contributed by atoms with Crippen LogP contribution in [0.1, 0.15) is 19.4 Å². The van der Waals surface area contributed by atoms with Crippen LogP contribution < -0.4 is 5.32 Å². The summed E-state index contributed by atoms with van der Waals surface area (Å²) < 4.78 is 22.2. The summed E-state index contributed by atoms with van der Waals surface area (Å²) in [5.74, 6) is 1.35. The van der Waals surface area contributed by atoms with Crippen molar-refractivity contribution in [2.45, 2.75) is 25.4 Å². The molecule has 19 heavy (non-hydrogen) atoms. The van der Waals surface area contributed by atoms with E-state index in [1.165, 1.54) is 18.0 Å². The Bertz CT molecular complexity index is 487. The molecule has 0 amide bonds. The fraction of sp³-hybridized carbons (Fsp3) is 0.615. The molecule has 0 aliphatic heterocycles. The van der Waals surface area contributed by atoms with Gasteiger partial charge in [-0.25, -0.2) is 13.4 Å². The summed E-state index contributed by atoms with van der Waals surface area (Å²) in [5, 5.41) is 4.30. The number of sulfone groups is 1. The number of nitrogens with one attached hydrogen (secondary N) is 1. The molecule has 1 aromatic heterocycles. The van der Waals surface area contributed by atoms with Crippen molar-refractivity contribution in [3.63, 3.8) is 0 Å². The molecular weight excluding hydrogens is 280 g/mol. The Kier molecular flexibility index (Phi) is 6.82. The second-order valence-electron chi connectivity index (χ2n) is 4.97. The largest absolute Gasteiger partial charge is 0.312 e. The Morgan fingerprint density at radius 2 is 2.16 bits per heavy atom. The van der Waals surface area contributed by atoms with Crippen LogP contribution in [-0.2, 0) is 16.4 Å². The van der Waals surface area contributed by atoms with Crippen molar-refractivity contribution in [2.24, 2.45) is 5.92 Å². The van der Waals surface area contributed by atoms with Gasteiger partial charge in [0.15, 0.2) is 0 Å². The van der Waals surface area contributed by atoms with E-state index in [2.05, 4.69) is 24.1 Å². The maximum Gasteiger partial charge on any atom is 0.148 e. The van der Waals surface area contributed by atoms with Gasteiger partial charge >= 0.3 is 0 Å². The Morgan fingerprint density at radius 1 is 1.42 bits per heavy atom. The Labute approximate surface area is 120 Å². The van der Waals surface area contributed by atoms with Crippen LogP contribution in [-0.4, -0.2) is 37.7 Å². The van der Waals surface area contributed by atoms with E-state index in [0.29, 0.717) is 11.7 Å². The van der Waals surface area contributed by atoms with Gasteiger partial charge in [-0.15, -0.1) is 11.8 Å². The van der Waals surface area contributed by atoms with Crippen molar-refractivity contribution < 1.29 is 8.42 Å². The SMILES string of the molecule is CC(C)CNCc1cccnc1SCCS(C)(=O)=O. The van der Waals surface area contributed by atoms with Gasteiger partial charge in [0.05, 0.1) is 5.75 Å². The monoisotopic (exact) mass is 302 g/mol. The van der Waals surface area contributed by atoms with Crippen molar-refractivity contribution in [2.75, 3.05) is 24.3 Å². The molecule has 0 saturated heterocycles. The maximum absolute atomic E-state index is 11.1. The minimum Gasteiger partial charge on any atom is -0.312 e. The summed E-state index contributed by atoms with van der Waals surface area (Å²) in [6.07, 6.45) is 3.01. The molecule has 1 rings (SSSR count). The van der Waals surface area contributed by atoms with Gasteiger partial charge in [0, 0.05) is 24.8 Å². The van der Waals surface area contributed by atoms with E-state index in [1.807, 2.05) is 12.1 Å². The van der Waals surface area contributed by atoms with Gasteiger partial charge in [-0.05, 0) is 24.1 Å². The van der Waals surface area contributed by atoms with E-state index < -0.39 is 9.84 Å². The third-order valence-electron chi connectivity index (χ3n) is 2.41. The van der Waals surface area contributed by atoms with E-state index >= 15 is 0 Å². The molecule has 0 aromatic carbocycles. The molecule has 0 atom stereocenters. The first-order chi connectivity index (χ1) is 8.88. The van der Waals surface area contributed by atoms with Crippen molar-refractivity contribution in [3.8, 4) is 0 Å². The molecule has 1 heterocycles. The highest BCUT2D eigenvalue weighted by molar-refractivity contribution is 8.00. The van der Waals surface area contributed by atoms with Crippen LogP contribution in [0.2, 0.25) is 0 Å². The van der Waals surface area contributed by atoms with Crippen LogP contribution in [0, 0.1) is 5.92 Å². The summed E-state index contributed by atoms with van der Waals surface area (Å²) in [6, 6.07) is 3.94. The van der Waals surface area contributed by atoms with Crippen molar-refractivity contribution >= 4 is 21.6 Å². The lowest BCUT2D eigenvalue weighted by Gasteiger charge is -2.10. The molecule has 0 fully saturated rings. The smallest absolute Gasteiger partial charge is 0.148 e. The fourth-order valence-electron chi connectivity index (χ4n) is 1.47. The Balaban J connectivity index is 2.53. The van der Waals surface area contributed by atoms with Crippen LogP contribution in [0.25, 0.3) is 0 Å². The van der Waals surface area contributed by atoms with E-state index in [0.717, 1.165) is 23.7 Å². The normalized spacial score (nSPS) is 12.0. The second kappa shape index (κ2) is 7.87. The van der Waals surface area contributed by atoms with Gasteiger partial charge in [-0.2, -0.15) is 0 Å². The molecule has 1 N–H and O–H groups in total. The van der Waals surface area contributed by atoms with Gasteiger partial charge in [0.2, 0.25) is 0 Å². The zero-order valence-electron chi connectivity index (χ0n) is 11.7. The predicted octanol–water partition coefficient (Wildman–Crippen LogP) is 1.96. The molecule has 1 aromatic rings. The van der Waals surface area contributed by atoms with E-state index in [4.69, 9.17) is 0 Å². The average Bonchev–Trinajstić information content (AvgIpc) is 2.29. The maximum atomic E-state index is 11.1. The first kappa shape index (κ1) is 16.5. The summed E-state index contributed by atoms with van der Waals surface area (Å²) >= 11 is 1.50. The molecule has 0 bridgehead atoms. The lowest BCUT2D eigenvalue weighted by molar-refractivity contribution is 0.549. The third-order valence-corrected chi connectivity index (χ3v) is 4.66. The van der Waals surface area contributed by atoms with Gasteiger partial charge < -0.3 is 5.32 Å². The van der Waals surface area contributed by atoms with Crippen LogP contribution in [0.15, 0.2) is 23.4 Å². The van der Waals surface area contributed by atoms with Gasteiger partial charge in [-0.1, -0.05) is 19.9 Å². The molecule has 4 nitrogen and oxygen atoms in total. The van der Waals surface area contributed by atoms with Gasteiger partial charge in [0.1, 0.15) is 14.9 Å². The van der Waals surface area contributed by atoms with Gasteiger partial charge in [-0.3, -0.25) is 0 Å². The van der Waals surface area contributed by atoms with Crippen molar-refractivity contribution in [1.82, 2.24) is 10.3 Å². The molecule has 0 aliphatic rings. The van der Waals surface area contributed by atoms with Gasteiger partial charge in [0.25, 0.3) is 0 Å². The molecule has 108 valence electrons. The first-order valence-corrected chi connectivity index (χ1v) is 9.38. The molecule has 0 aliphatic carbocycles. The predicted molar refractivity (Wildman–Crippen MR) is 81.2 cm³/mol. The lowest BCUT2D eigenvalue weighted by atomic mass is 10.2. The number of thioether (sulfide) groups is 1. The molecular formula is C13H22N2O2S2. The molecule has 6 heteroatoms. The number of hydrogen-bond donors (Lipinski definition) is 1. The summed E-state index contributed by atoms with van der Waals surface area (Å²) in [4.78, 5) is 4.32. The highest BCUT2D eigenvalue weighted by atomic mass is 32.2. The average molecular weight is 302 g/mol. The number of nitrogens with zero attached hydrogens (tertiary/aromatic N) is 1. The zero-order valence-corrected chi connectivity index (χ0v) is 13.4. The Hall–Kier alpha value is -0.590. The quantitative estimate of drug-likeness (QED) is 0.744. The minimum absolute atomic E-state index is 0.188. The Morgan fingerprint density at radius 3 is 2.79 bits per heavy atom. The molecule has 0 radical (unpaired) electrons. The van der Waals surface area contributed by atoms with E-state index in [9.17, 15) is 8.42 Å². The van der Waals surface area contributed by atoms with Crippen LogP contribution in [0.5, 0.6) is 0 Å². The van der Waals surface area contributed by atoms with Crippen molar-refractivity contribution in [1.29, 1.82) is 0 Å². The fourth-order valence-corrected chi connectivity index (χ4v) is 3.67. The van der Waals surface area contributed by atoms with Crippen LogP contribution in [0.4, 0.5) is 0 Å². The first-order valence-electron chi connectivity index (χ1n) is 6.33. The zero-order chi connectivity index (χ0) is 14.3. The molecule has 0 saturated carbocycles. The van der Waals surface area contributed by atoms with Crippen molar-refractivity contribution in [3.05, 3.63) is 23.9 Å². The highest BCUT2D eigenvalue weighted by Gasteiger charge is 2.07. The van der Waals surface area contributed by atoms with E-state index in [-0.39, 0.29) is 5.75 Å². The number of aromatic nitrogens is 1. The van der Waals surface area contributed by atoms with E-state index in [1.54, 1.807) is 6.20 Å². The highest BCUT2D eigenvalue weighted by Crippen LogP contribution is 2.20. The number of pyridine rings is 1. The molecule has 0 spiro atoms. The molecule has 0 unspecified atom stereocenters. The second-order valence-corrected chi connectivity index (χ2v) is 8.31. The number of hydrogen-bond acceptors (Lipinski definition) is 5. The van der Waals surface area contributed by atoms with Crippen LogP contribution in [0.3, 0.4) is 0 Å².